The van der Waals surface area contributed by atoms with Gasteiger partial charge in [0.05, 0.1) is 6.10 Å². The molecule has 0 aromatic rings. The number of rotatable bonds is 7. The fourth-order valence-corrected chi connectivity index (χ4v) is 2.97. The number of hydrogen-bond acceptors (Lipinski definition) is 2. The summed E-state index contributed by atoms with van der Waals surface area (Å²) in [6.45, 7) is 4.38. The molecule has 2 unspecified atom stereocenters. The summed E-state index contributed by atoms with van der Waals surface area (Å²) in [5.74, 6) is 0. The van der Waals surface area contributed by atoms with E-state index in [1.807, 2.05) is 0 Å². The summed E-state index contributed by atoms with van der Waals surface area (Å²) in [6, 6.07) is 0.627. The minimum Gasteiger partial charge on any atom is -0.378 e. The molecule has 2 rings (SSSR count). The molecule has 1 saturated heterocycles. The van der Waals surface area contributed by atoms with E-state index in [4.69, 9.17) is 4.74 Å². The lowest BCUT2D eigenvalue weighted by Crippen LogP contribution is -2.32. The Bertz CT molecular complexity index is 243. The fraction of sp³-hybridized carbons (Fsp3) is 0.867. The van der Waals surface area contributed by atoms with E-state index in [0.717, 1.165) is 13.2 Å². The van der Waals surface area contributed by atoms with Crippen LogP contribution in [0, 0.1) is 0 Å². The fourth-order valence-electron chi connectivity index (χ4n) is 2.97. The summed E-state index contributed by atoms with van der Waals surface area (Å²) in [7, 11) is 0. The van der Waals surface area contributed by atoms with Gasteiger partial charge in [-0.25, -0.2) is 0 Å². The summed E-state index contributed by atoms with van der Waals surface area (Å²) < 4.78 is 5.72. The zero-order valence-electron chi connectivity index (χ0n) is 11.2. The van der Waals surface area contributed by atoms with Crippen LogP contribution < -0.4 is 5.32 Å². The first kappa shape index (κ1) is 13.1. The molecule has 1 fully saturated rings. The normalized spacial score (nSPS) is 26.2. The molecule has 2 aliphatic rings. The van der Waals surface area contributed by atoms with Gasteiger partial charge in [0.25, 0.3) is 0 Å². The van der Waals surface area contributed by atoms with Gasteiger partial charge >= 0.3 is 0 Å². The average molecular weight is 237 g/mol. The van der Waals surface area contributed by atoms with Crippen molar-refractivity contribution in [3.63, 3.8) is 0 Å². The molecule has 1 N–H and O–H groups in total. The first-order chi connectivity index (χ1) is 8.40. The van der Waals surface area contributed by atoms with E-state index in [1.54, 1.807) is 5.57 Å². The van der Waals surface area contributed by atoms with Crippen LogP contribution in [0.25, 0.3) is 0 Å². The van der Waals surface area contributed by atoms with Crippen molar-refractivity contribution in [1.29, 1.82) is 0 Å². The molecule has 0 radical (unpaired) electrons. The average Bonchev–Trinajstić information content (AvgIpc) is 3.01. The van der Waals surface area contributed by atoms with Crippen molar-refractivity contribution in [2.75, 3.05) is 13.2 Å². The Morgan fingerprint density at radius 2 is 2.41 bits per heavy atom. The molecule has 0 aromatic heterocycles. The van der Waals surface area contributed by atoms with Crippen LogP contribution in [0.2, 0.25) is 0 Å². The molecule has 2 heteroatoms. The minimum absolute atomic E-state index is 0.544. The molecule has 98 valence electrons. The topological polar surface area (TPSA) is 21.3 Å². The number of hydrogen-bond donors (Lipinski definition) is 1. The number of ether oxygens (including phenoxy) is 1. The predicted octanol–water partition coefficient (Wildman–Crippen LogP) is 3.42. The van der Waals surface area contributed by atoms with Crippen LogP contribution in [-0.4, -0.2) is 25.3 Å². The number of nitrogens with one attached hydrogen (secondary N) is 1. The Morgan fingerprint density at radius 1 is 1.47 bits per heavy atom. The van der Waals surface area contributed by atoms with E-state index in [-0.39, 0.29) is 0 Å². The van der Waals surface area contributed by atoms with Gasteiger partial charge in [0.15, 0.2) is 0 Å². The molecule has 0 aromatic carbocycles. The van der Waals surface area contributed by atoms with Crippen molar-refractivity contribution in [3.05, 3.63) is 11.6 Å². The van der Waals surface area contributed by atoms with E-state index in [2.05, 4.69) is 18.3 Å². The molecule has 2 atom stereocenters. The van der Waals surface area contributed by atoms with Gasteiger partial charge in [-0.3, -0.25) is 0 Å². The van der Waals surface area contributed by atoms with Gasteiger partial charge in [-0.1, -0.05) is 18.6 Å². The smallest absolute Gasteiger partial charge is 0.0576 e. The van der Waals surface area contributed by atoms with Crippen LogP contribution in [0.1, 0.15) is 58.3 Å². The highest BCUT2D eigenvalue weighted by molar-refractivity contribution is 5.15. The molecule has 1 aliphatic carbocycles. The highest BCUT2D eigenvalue weighted by Crippen LogP contribution is 2.25. The van der Waals surface area contributed by atoms with E-state index in [1.165, 1.54) is 51.4 Å². The van der Waals surface area contributed by atoms with Crippen molar-refractivity contribution in [2.45, 2.75) is 70.4 Å². The lowest BCUT2D eigenvalue weighted by molar-refractivity contribution is 0.100. The van der Waals surface area contributed by atoms with E-state index < -0.39 is 0 Å². The third kappa shape index (κ3) is 4.11. The van der Waals surface area contributed by atoms with Gasteiger partial charge in [-0.15, -0.1) is 0 Å². The van der Waals surface area contributed by atoms with Crippen molar-refractivity contribution < 1.29 is 4.74 Å². The summed E-state index contributed by atoms with van der Waals surface area (Å²) >= 11 is 0. The number of allylic oxidation sites excluding steroid dienone is 1. The second-order valence-corrected chi connectivity index (χ2v) is 5.39. The van der Waals surface area contributed by atoms with Gasteiger partial charge < -0.3 is 10.1 Å². The standard InChI is InChI=1S/C15H27NO/c1-2-11-16-15(13-6-3-4-7-13)10-9-14-8-5-12-17-14/h6,14-16H,2-5,7-12H2,1H3. The molecule has 1 heterocycles. The first-order valence-electron chi connectivity index (χ1n) is 7.44. The Balaban J connectivity index is 1.77. The molecular weight excluding hydrogens is 210 g/mol. The van der Waals surface area contributed by atoms with Crippen LogP contribution >= 0.6 is 0 Å². The Hall–Kier alpha value is -0.340. The summed E-state index contributed by atoms with van der Waals surface area (Å²) in [5.41, 5.74) is 1.66. The van der Waals surface area contributed by atoms with Gasteiger partial charge in [0, 0.05) is 12.6 Å². The van der Waals surface area contributed by atoms with Crippen LogP contribution in [0.3, 0.4) is 0 Å². The molecule has 2 nitrogen and oxygen atoms in total. The van der Waals surface area contributed by atoms with Gasteiger partial charge in [-0.05, 0) is 57.9 Å². The van der Waals surface area contributed by atoms with E-state index in [0.29, 0.717) is 12.1 Å². The van der Waals surface area contributed by atoms with Crippen molar-refractivity contribution in [1.82, 2.24) is 5.32 Å². The molecule has 0 bridgehead atoms. The lowest BCUT2D eigenvalue weighted by atomic mass is 9.98. The Labute approximate surface area is 106 Å². The highest BCUT2D eigenvalue weighted by Gasteiger charge is 2.20. The van der Waals surface area contributed by atoms with Crippen molar-refractivity contribution in [2.24, 2.45) is 0 Å². The molecule has 17 heavy (non-hydrogen) atoms. The maximum atomic E-state index is 5.72. The van der Waals surface area contributed by atoms with Crippen LogP contribution in [0.5, 0.6) is 0 Å². The summed E-state index contributed by atoms with van der Waals surface area (Å²) in [4.78, 5) is 0. The minimum atomic E-state index is 0.544. The third-order valence-electron chi connectivity index (χ3n) is 3.97. The first-order valence-corrected chi connectivity index (χ1v) is 7.44. The predicted molar refractivity (Wildman–Crippen MR) is 72.2 cm³/mol. The van der Waals surface area contributed by atoms with Crippen LogP contribution in [0.15, 0.2) is 11.6 Å². The monoisotopic (exact) mass is 237 g/mol. The molecule has 0 saturated carbocycles. The Morgan fingerprint density at radius 3 is 3.06 bits per heavy atom. The molecule has 0 amide bonds. The van der Waals surface area contributed by atoms with Gasteiger partial charge in [0.2, 0.25) is 0 Å². The second kappa shape index (κ2) is 7.17. The quantitative estimate of drug-likeness (QED) is 0.685. The largest absolute Gasteiger partial charge is 0.378 e. The van der Waals surface area contributed by atoms with Crippen molar-refractivity contribution in [3.8, 4) is 0 Å². The zero-order chi connectivity index (χ0) is 11.9. The zero-order valence-corrected chi connectivity index (χ0v) is 11.2. The van der Waals surface area contributed by atoms with E-state index >= 15 is 0 Å². The maximum Gasteiger partial charge on any atom is 0.0576 e. The maximum absolute atomic E-state index is 5.72. The molecular formula is C15H27NO. The molecule has 0 spiro atoms. The summed E-state index contributed by atoms with van der Waals surface area (Å²) in [5, 5.41) is 3.71. The second-order valence-electron chi connectivity index (χ2n) is 5.39. The highest BCUT2D eigenvalue weighted by atomic mass is 16.5. The van der Waals surface area contributed by atoms with Gasteiger partial charge in [-0.2, -0.15) is 0 Å². The van der Waals surface area contributed by atoms with E-state index in [9.17, 15) is 0 Å². The third-order valence-corrected chi connectivity index (χ3v) is 3.97. The molecule has 1 aliphatic heterocycles. The van der Waals surface area contributed by atoms with Crippen molar-refractivity contribution >= 4 is 0 Å². The van der Waals surface area contributed by atoms with Crippen LogP contribution in [-0.2, 0) is 4.74 Å². The lowest BCUT2D eigenvalue weighted by Gasteiger charge is -2.21. The Kier molecular flexibility index (Phi) is 5.53. The van der Waals surface area contributed by atoms with Crippen LogP contribution in [0.4, 0.5) is 0 Å². The van der Waals surface area contributed by atoms with Gasteiger partial charge in [0.1, 0.15) is 0 Å². The summed E-state index contributed by atoms with van der Waals surface area (Å²) in [6.07, 6.45) is 13.2. The SMILES string of the molecule is CCCNC(CCC1CCCO1)C1=CCCC1.